The molecule has 2 aliphatic rings. The number of rotatable bonds is 4. The minimum absolute atomic E-state index is 0.629. The highest BCUT2D eigenvalue weighted by molar-refractivity contribution is 6.03. The summed E-state index contributed by atoms with van der Waals surface area (Å²) < 4.78 is 6.67. The first-order valence-corrected chi connectivity index (χ1v) is 18.9. The number of nitriles is 1. The molecule has 0 unspecified atom stereocenters. The van der Waals surface area contributed by atoms with Crippen LogP contribution in [0, 0.1) is 11.3 Å². The number of pyridine rings is 1. The van der Waals surface area contributed by atoms with Gasteiger partial charge in [0, 0.05) is 22.3 Å². The van der Waals surface area contributed by atoms with E-state index < -0.39 is 5.41 Å². The molecule has 11 rings (SSSR count). The van der Waals surface area contributed by atoms with Gasteiger partial charge in [-0.3, -0.25) is 0 Å². The van der Waals surface area contributed by atoms with E-state index in [4.69, 9.17) is 9.72 Å². The minimum atomic E-state index is -0.664. The number of hydrogen-bond acceptors (Lipinski definition) is 3. The number of fused-ring (bicyclic) bond motifs is 10. The second-order valence-electron chi connectivity index (χ2n) is 14.5. The van der Waals surface area contributed by atoms with Crippen molar-refractivity contribution in [1.29, 1.82) is 5.26 Å². The fraction of sp³-hybridized carbons (Fsp3) is 0.0189. The van der Waals surface area contributed by atoms with Gasteiger partial charge in [0.05, 0.1) is 28.4 Å². The predicted octanol–water partition coefficient (Wildman–Crippen LogP) is 13.2. The molecule has 0 fully saturated rings. The Morgan fingerprint density at radius 2 is 0.964 bits per heavy atom. The van der Waals surface area contributed by atoms with E-state index >= 15 is 0 Å². The van der Waals surface area contributed by atoms with Crippen molar-refractivity contribution in [3.8, 4) is 73.5 Å². The second kappa shape index (κ2) is 12.5. The Balaban J connectivity index is 1.27. The predicted molar refractivity (Wildman–Crippen MR) is 226 cm³/mol. The van der Waals surface area contributed by atoms with Gasteiger partial charge in [0.1, 0.15) is 11.5 Å². The molecular weight excluding hydrogens is 681 g/mol. The lowest BCUT2D eigenvalue weighted by molar-refractivity contribution is 0.436. The molecule has 260 valence electrons. The quantitative estimate of drug-likeness (QED) is 0.182. The van der Waals surface area contributed by atoms with Crippen molar-refractivity contribution in [1.82, 2.24) is 4.98 Å². The van der Waals surface area contributed by atoms with Crippen LogP contribution < -0.4 is 4.74 Å². The monoisotopic (exact) mass is 712 g/mol. The summed E-state index contributed by atoms with van der Waals surface area (Å²) in [6, 6.07) is 70.7. The van der Waals surface area contributed by atoms with Crippen LogP contribution in [0.5, 0.6) is 11.5 Å². The molecule has 8 aromatic carbocycles. The Morgan fingerprint density at radius 1 is 0.429 bits per heavy atom. The molecule has 1 aromatic heterocycles. The fourth-order valence-corrected chi connectivity index (χ4v) is 9.26. The Bertz CT molecular complexity index is 3030. The van der Waals surface area contributed by atoms with Gasteiger partial charge in [-0.25, -0.2) is 4.98 Å². The van der Waals surface area contributed by atoms with Crippen LogP contribution in [0.3, 0.4) is 0 Å². The van der Waals surface area contributed by atoms with Gasteiger partial charge in [-0.05, 0) is 91.7 Å². The first kappa shape index (κ1) is 31.9. The lowest BCUT2D eigenvalue weighted by Crippen LogP contribution is -2.32. The van der Waals surface area contributed by atoms with Crippen molar-refractivity contribution in [3.63, 3.8) is 0 Å². The van der Waals surface area contributed by atoms with Crippen molar-refractivity contribution in [2.24, 2.45) is 0 Å². The third-order valence-corrected chi connectivity index (χ3v) is 11.6. The summed E-state index contributed by atoms with van der Waals surface area (Å²) in [5.74, 6) is 1.70. The van der Waals surface area contributed by atoms with Crippen molar-refractivity contribution >= 4 is 10.8 Å². The lowest BCUT2D eigenvalue weighted by atomic mass is 9.66. The number of hydrogen-bond donors (Lipinski definition) is 0. The molecule has 0 saturated heterocycles. The molecule has 9 aromatic rings. The highest BCUT2D eigenvalue weighted by Crippen LogP contribution is 2.64. The van der Waals surface area contributed by atoms with E-state index in [1.54, 1.807) is 0 Å². The van der Waals surface area contributed by atoms with Crippen molar-refractivity contribution in [3.05, 3.63) is 222 Å². The average molecular weight is 713 g/mol. The van der Waals surface area contributed by atoms with Crippen molar-refractivity contribution < 1.29 is 4.74 Å². The third kappa shape index (κ3) is 4.67. The molecule has 0 saturated carbocycles. The molecule has 1 aliphatic carbocycles. The van der Waals surface area contributed by atoms with Crippen LogP contribution in [0.25, 0.3) is 66.7 Å². The van der Waals surface area contributed by atoms with Crippen LogP contribution in [0.1, 0.15) is 27.8 Å². The smallest absolute Gasteiger partial charge is 0.132 e. The van der Waals surface area contributed by atoms with Gasteiger partial charge < -0.3 is 4.74 Å². The van der Waals surface area contributed by atoms with Crippen molar-refractivity contribution in [2.75, 3.05) is 0 Å². The van der Waals surface area contributed by atoms with E-state index in [-0.39, 0.29) is 0 Å². The van der Waals surface area contributed by atoms with Crippen LogP contribution >= 0.6 is 0 Å². The number of ether oxygens (including phenoxy) is 1. The molecule has 0 bridgehead atoms. The van der Waals surface area contributed by atoms with Crippen LogP contribution in [-0.4, -0.2) is 4.98 Å². The topological polar surface area (TPSA) is 45.9 Å². The summed E-state index contributed by atoms with van der Waals surface area (Å²) in [5, 5.41) is 12.3. The first-order valence-electron chi connectivity index (χ1n) is 18.9. The van der Waals surface area contributed by atoms with Gasteiger partial charge in [0.15, 0.2) is 0 Å². The van der Waals surface area contributed by atoms with Crippen LogP contribution in [0.15, 0.2) is 194 Å². The average Bonchev–Trinajstić information content (AvgIpc) is 3.57. The number of nitrogens with zero attached hydrogens (tertiary/aromatic N) is 2. The maximum absolute atomic E-state index is 10.0. The SMILES string of the molecule is N#Cc1cccc(-c2cccc3c2-c2c(-c4cc(-c5ccccc5)nc(-c5cccc6ccccc56)c4)cccc2C32c3ccccc3Oc3ccccc32)c1. The van der Waals surface area contributed by atoms with E-state index in [1.165, 1.54) is 22.1 Å². The highest BCUT2D eigenvalue weighted by atomic mass is 16.5. The van der Waals surface area contributed by atoms with Gasteiger partial charge in [0.2, 0.25) is 0 Å². The fourth-order valence-electron chi connectivity index (χ4n) is 9.26. The molecule has 56 heavy (non-hydrogen) atoms. The van der Waals surface area contributed by atoms with Crippen molar-refractivity contribution in [2.45, 2.75) is 5.41 Å². The standard InChI is InChI=1S/C53H32N2O/c54-33-34-14-10-19-37(30-34)40-21-12-26-45-51(40)52-41(22-13-27-46(52)53(45)43-24-6-8-28-49(43)56-50-29-9-7-25-44(50)53)38-31-47(36-16-2-1-3-17-36)55-48(32-38)42-23-11-18-35-15-4-5-20-39(35)42/h1-32H. The van der Waals surface area contributed by atoms with Gasteiger partial charge in [-0.1, -0.05) is 158 Å². The molecule has 0 N–H and O–H groups in total. The second-order valence-corrected chi connectivity index (χ2v) is 14.5. The minimum Gasteiger partial charge on any atom is -0.457 e. The highest BCUT2D eigenvalue weighted by Gasteiger charge is 2.52. The summed E-state index contributed by atoms with van der Waals surface area (Å²) in [6.07, 6.45) is 0. The normalized spacial score (nSPS) is 12.9. The Hall–Kier alpha value is -7.54. The molecule has 0 atom stereocenters. The molecule has 1 aliphatic heterocycles. The zero-order valence-corrected chi connectivity index (χ0v) is 30.3. The largest absolute Gasteiger partial charge is 0.457 e. The summed E-state index contributed by atoms with van der Waals surface area (Å²) >= 11 is 0. The van der Waals surface area contributed by atoms with E-state index in [2.05, 4.69) is 164 Å². The first-order chi connectivity index (χ1) is 27.7. The summed E-state index contributed by atoms with van der Waals surface area (Å²) in [6.45, 7) is 0. The number of aromatic nitrogens is 1. The molecule has 3 heteroatoms. The molecule has 3 nitrogen and oxygen atoms in total. The van der Waals surface area contributed by atoms with Crippen LogP contribution in [0.2, 0.25) is 0 Å². The zero-order valence-electron chi connectivity index (χ0n) is 30.3. The maximum Gasteiger partial charge on any atom is 0.132 e. The summed E-state index contributed by atoms with van der Waals surface area (Å²) in [5.41, 5.74) is 15.1. The van der Waals surface area contributed by atoms with E-state index in [9.17, 15) is 5.26 Å². The van der Waals surface area contributed by atoms with E-state index in [0.717, 1.165) is 78.3 Å². The van der Waals surface area contributed by atoms with Crippen LogP contribution in [-0.2, 0) is 5.41 Å². The molecular formula is C53H32N2O. The molecule has 2 heterocycles. The van der Waals surface area contributed by atoms with E-state index in [1.807, 2.05) is 36.4 Å². The number of para-hydroxylation sites is 2. The van der Waals surface area contributed by atoms with Gasteiger partial charge in [0.25, 0.3) is 0 Å². The molecule has 0 amide bonds. The number of benzene rings is 8. The Kier molecular flexibility index (Phi) is 7.14. The third-order valence-electron chi connectivity index (χ3n) is 11.6. The Labute approximate surface area is 325 Å². The molecule has 1 spiro atoms. The lowest BCUT2D eigenvalue weighted by Gasteiger charge is -2.39. The van der Waals surface area contributed by atoms with Gasteiger partial charge in [-0.2, -0.15) is 5.26 Å². The van der Waals surface area contributed by atoms with Gasteiger partial charge >= 0.3 is 0 Å². The zero-order chi connectivity index (χ0) is 37.2. The van der Waals surface area contributed by atoms with Gasteiger partial charge in [-0.15, -0.1) is 0 Å². The van der Waals surface area contributed by atoms with Crippen LogP contribution in [0.4, 0.5) is 0 Å². The van der Waals surface area contributed by atoms with E-state index in [0.29, 0.717) is 5.56 Å². The maximum atomic E-state index is 10.0. The summed E-state index contributed by atoms with van der Waals surface area (Å²) in [7, 11) is 0. The Morgan fingerprint density at radius 3 is 1.70 bits per heavy atom. The summed E-state index contributed by atoms with van der Waals surface area (Å²) in [4.78, 5) is 5.37. The molecule has 0 radical (unpaired) electrons.